The normalized spacial score (nSPS) is 19.9. The molecule has 0 aliphatic carbocycles. The highest BCUT2D eigenvalue weighted by molar-refractivity contribution is 5.29. The Balaban J connectivity index is 2.34. The Bertz CT molecular complexity index is 496. The molecule has 1 N–H and O–H groups in total. The van der Waals surface area contributed by atoms with E-state index in [1.54, 1.807) is 13.0 Å². The highest BCUT2D eigenvalue weighted by Gasteiger charge is 2.40. The first-order valence-corrected chi connectivity index (χ1v) is 6.48. The number of rotatable bonds is 3. The second-order valence-electron chi connectivity index (χ2n) is 4.63. The van der Waals surface area contributed by atoms with E-state index in [4.69, 9.17) is 0 Å². The Kier molecular flexibility index (Phi) is 4.32. The van der Waals surface area contributed by atoms with Crippen molar-refractivity contribution in [2.75, 3.05) is 13.1 Å². The molecular formula is C14H16F4N2. The van der Waals surface area contributed by atoms with E-state index in [2.05, 4.69) is 5.43 Å². The van der Waals surface area contributed by atoms with Gasteiger partial charge in [0, 0.05) is 19.0 Å². The molecule has 0 radical (unpaired) electrons. The van der Waals surface area contributed by atoms with E-state index < -0.39 is 23.6 Å². The van der Waals surface area contributed by atoms with Crippen molar-refractivity contribution in [1.29, 1.82) is 0 Å². The molecule has 0 amide bonds. The van der Waals surface area contributed by atoms with E-state index in [1.807, 2.05) is 0 Å². The van der Waals surface area contributed by atoms with Crippen LogP contribution in [0.5, 0.6) is 0 Å². The number of halogens is 4. The van der Waals surface area contributed by atoms with Gasteiger partial charge in [-0.25, -0.2) is 9.82 Å². The molecule has 1 aromatic carbocycles. The van der Waals surface area contributed by atoms with Crippen molar-refractivity contribution in [3.05, 3.63) is 47.4 Å². The molecule has 0 saturated heterocycles. The fourth-order valence-corrected chi connectivity index (χ4v) is 2.38. The SMILES string of the molecule is CCNN1CCC(c2ccccc2F)C=C1C(F)(F)F. The number of nitrogens with zero attached hydrogens (tertiary/aromatic N) is 1. The molecule has 0 fully saturated rings. The standard InChI is InChI=1S/C14H16F4N2/c1-2-19-20-8-7-10(9-13(20)14(16,17)18)11-5-3-4-6-12(11)15/h3-6,9-10,19H,2,7-8H2,1H3. The van der Waals surface area contributed by atoms with E-state index in [9.17, 15) is 17.6 Å². The Morgan fingerprint density at radius 2 is 2.00 bits per heavy atom. The Labute approximate surface area is 115 Å². The summed E-state index contributed by atoms with van der Waals surface area (Å²) in [5, 5.41) is 1.09. The van der Waals surface area contributed by atoms with Crippen molar-refractivity contribution < 1.29 is 17.6 Å². The molecule has 0 aromatic heterocycles. The topological polar surface area (TPSA) is 15.3 Å². The minimum Gasteiger partial charge on any atom is -0.304 e. The van der Waals surface area contributed by atoms with E-state index in [-0.39, 0.29) is 6.54 Å². The monoisotopic (exact) mass is 288 g/mol. The second kappa shape index (κ2) is 5.83. The highest BCUT2D eigenvalue weighted by atomic mass is 19.4. The number of hydrogen-bond donors (Lipinski definition) is 1. The van der Waals surface area contributed by atoms with Crippen molar-refractivity contribution in [1.82, 2.24) is 10.4 Å². The lowest BCUT2D eigenvalue weighted by Gasteiger charge is -2.34. The summed E-state index contributed by atoms with van der Waals surface area (Å²) in [5.74, 6) is -1.02. The van der Waals surface area contributed by atoms with Gasteiger partial charge in [0.25, 0.3) is 0 Å². The lowest BCUT2D eigenvalue weighted by atomic mass is 9.91. The third-order valence-electron chi connectivity index (χ3n) is 3.26. The van der Waals surface area contributed by atoms with E-state index in [1.165, 1.54) is 18.2 Å². The van der Waals surface area contributed by atoms with Crippen LogP contribution in [0, 0.1) is 5.82 Å². The van der Waals surface area contributed by atoms with Crippen molar-refractivity contribution in [3.63, 3.8) is 0 Å². The zero-order chi connectivity index (χ0) is 14.8. The van der Waals surface area contributed by atoms with Crippen molar-refractivity contribution in [2.45, 2.75) is 25.4 Å². The Morgan fingerprint density at radius 1 is 1.30 bits per heavy atom. The maximum atomic E-state index is 13.7. The van der Waals surface area contributed by atoms with Gasteiger partial charge in [-0.2, -0.15) is 13.2 Å². The van der Waals surface area contributed by atoms with Crippen LogP contribution in [-0.4, -0.2) is 24.3 Å². The van der Waals surface area contributed by atoms with Gasteiger partial charge in [-0.3, -0.25) is 0 Å². The average Bonchev–Trinajstić information content (AvgIpc) is 2.39. The van der Waals surface area contributed by atoms with Crippen LogP contribution in [0.4, 0.5) is 17.6 Å². The van der Waals surface area contributed by atoms with Gasteiger partial charge in [0.2, 0.25) is 0 Å². The summed E-state index contributed by atoms with van der Waals surface area (Å²) in [4.78, 5) is 0. The number of allylic oxidation sites excluding steroid dienone is 2. The van der Waals surface area contributed by atoms with Gasteiger partial charge in [-0.1, -0.05) is 25.1 Å². The van der Waals surface area contributed by atoms with Gasteiger partial charge in [-0.05, 0) is 24.1 Å². The van der Waals surface area contributed by atoms with Crippen LogP contribution in [-0.2, 0) is 0 Å². The first kappa shape index (κ1) is 14.8. The first-order valence-electron chi connectivity index (χ1n) is 6.48. The molecule has 1 aliphatic rings. The van der Waals surface area contributed by atoms with Crippen LogP contribution >= 0.6 is 0 Å². The number of hydrogen-bond acceptors (Lipinski definition) is 2. The van der Waals surface area contributed by atoms with Crippen LogP contribution in [0.1, 0.15) is 24.8 Å². The molecule has 0 saturated carbocycles. The highest BCUT2D eigenvalue weighted by Crippen LogP contribution is 2.36. The molecule has 110 valence electrons. The summed E-state index contributed by atoms with van der Waals surface area (Å²) in [5.41, 5.74) is 2.24. The second-order valence-corrected chi connectivity index (χ2v) is 4.63. The van der Waals surface area contributed by atoms with E-state index >= 15 is 0 Å². The van der Waals surface area contributed by atoms with Gasteiger partial charge >= 0.3 is 6.18 Å². The zero-order valence-corrected chi connectivity index (χ0v) is 11.0. The fourth-order valence-electron chi connectivity index (χ4n) is 2.38. The van der Waals surface area contributed by atoms with Gasteiger partial charge in [0.15, 0.2) is 0 Å². The minimum atomic E-state index is -4.45. The number of hydrazine groups is 1. The molecule has 1 unspecified atom stereocenters. The van der Waals surface area contributed by atoms with Crippen molar-refractivity contribution in [2.24, 2.45) is 0 Å². The largest absolute Gasteiger partial charge is 0.432 e. The lowest BCUT2D eigenvalue weighted by Crippen LogP contribution is -2.45. The third kappa shape index (κ3) is 3.12. The van der Waals surface area contributed by atoms with Crippen LogP contribution in [0.25, 0.3) is 0 Å². The molecule has 0 bridgehead atoms. The van der Waals surface area contributed by atoms with Crippen LogP contribution in [0.3, 0.4) is 0 Å². The number of nitrogens with one attached hydrogen (secondary N) is 1. The van der Waals surface area contributed by atoms with Gasteiger partial charge in [0.05, 0.1) is 0 Å². The van der Waals surface area contributed by atoms with Crippen LogP contribution in [0.2, 0.25) is 0 Å². The van der Waals surface area contributed by atoms with Gasteiger partial charge in [-0.15, -0.1) is 0 Å². The molecule has 1 aliphatic heterocycles. The van der Waals surface area contributed by atoms with E-state index in [0.29, 0.717) is 18.5 Å². The summed E-state index contributed by atoms with van der Waals surface area (Å²) in [6.07, 6.45) is -2.91. The summed E-state index contributed by atoms with van der Waals surface area (Å²) >= 11 is 0. The summed E-state index contributed by atoms with van der Waals surface area (Å²) in [6.45, 7) is 2.33. The molecule has 6 heteroatoms. The molecule has 2 rings (SSSR count). The average molecular weight is 288 g/mol. The summed E-state index contributed by atoms with van der Waals surface area (Å²) < 4.78 is 52.9. The number of benzene rings is 1. The molecular weight excluding hydrogens is 272 g/mol. The van der Waals surface area contributed by atoms with Crippen LogP contribution < -0.4 is 5.43 Å². The van der Waals surface area contributed by atoms with Crippen molar-refractivity contribution >= 4 is 0 Å². The predicted octanol–water partition coefficient (Wildman–Crippen LogP) is 3.59. The number of alkyl halides is 3. The maximum absolute atomic E-state index is 13.7. The summed E-state index contributed by atoms with van der Waals surface area (Å²) in [7, 11) is 0. The molecule has 2 nitrogen and oxygen atoms in total. The van der Waals surface area contributed by atoms with E-state index in [0.717, 1.165) is 11.1 Å². The molecule has 20 heavy (non-hydrogen) atoms. The predicted molar refractivity (Wildman–Crippen MR) is 68.3 cm³/mol. The molecule has 1 aromatic rings. The zero-order valence-electron chi connectivity index (χ0n) is 11.0. The first-order chi connectivity index (χ1) is 9.43. The lowest BCUT2D eigenvalue weighted by molar-refractivity contribution is -0.118. The molecule has 1 heterocycles. The fraction of sp³-hybridized carbons (Fsp3) is 0.429. The van der Waals surface area contributed by atoms with Crippen LogP contribution in [0.15, 0.2) is 36.0 Å². The smallest absolute Gasteiger partial charge is 0.304 e. The summed E-state index contributed by atoms with van der Waals surface area (Å²) in [6, 6.07) is 5.97. The molecule has 1 atom stereocenters. The Hall–Kier alpha value is -1.56. The third-order valence-corrected chi connectivity index (χ3v) is 3.26. The van der Waals surface area contributed by atoms with Crippen molar-refractivity contribution in [3.8, 4) is 0 Å². The maximum Gasteiger partial charge on any atom is 0.432 e. The minimum absolute atomic E-state index is 0.193. The van der Waals surface area contributed by atoms with Gasteiger partial charge < -0.3 is 5.01 Å². The molecule has 0 spiro atoms. The quantitative estimate of drug-likeness (QED) is 0.855. The van der Waals surface area contributed by atoms with Gasteiger partial charge in [0.1, 0.15) is 11.5 Å². The Morgan fingerprint density at radius 3 is 2.60 bits per heavy atom.